The summed E-state index contributed by atoms with van der Waals surface area (Å²) in [4.78, 5) is 4.73. The van der Waals surface area contributed by atoms with Gasteiger partial charge in [0, 0.05) is 16.5 Å². The third kappa shape index (κ3) is 1.60. The largest absolute Gasteiger partial charge is 0.323 e. The van der Waals surface area contributed by atoms with Crippen LogP contribution < -0.4 is 11.3 Å². The lowest BCUT2D eigenvalue weighted by atomic mass is 10.0. The van der Waals surface area contributed by atoms with Crippen LogP contribution in [0.1, 0.15) is 12.6 Å². The molecule has 0 atom stereocenters. The Labute approximate surface area is 106 Å². The van der Waals surface area contributed by atoms with Gasteiger partial charge in [-0.25, -0.2) is 0 Å². The van der Waals surface area contributed by atoms with Gasteiger partial charge in [0.2, 0.25) is 0 Å². The minimum atomic E-state index is 0.897. The van der Waals surface area contributed by atoms with Crippen molar-refractivity contribution in [2.75, 3.05) is 5.43 Å². The highest BCUT2D eigenvalue weighted by Crippen LogP contribution is 2.29. The molecule has 0 bridgehead atoms. The SMILES string of the molecule is CCc1cc(NN)c2ccc3ccccc3c2n1. The number of nitrogens with one attached hydrogen (secondary N) is 1. The number of fused-ring (bicyclic) bond motifs is 3. The van der Waals surface area contributed by atoms with Crippen molar-refractivity contribution in [3.63, 3.8) is 0 Å². The van der Waals surface area contributed by atoms with Crippen LogP contribution in [0.4, 0.5) is 5.69 Å². The van der Waals surface area contributed by atoms with Crippen LogP contribution >= 0.6 is 0 Å². The molecule has 3 N–H and O–H groups in total. The standard InChI is InChI=1S/C15H15N3/c1-2-11-9-14(18-16)13-8-7-10-5-3-4-6-12(10)15(13)17-11/h3-9H,2,16H2,1H3,(H,17,18). The summed E-state index contributed by atoms with van der Waals surface area (Å²) in [6.07, 6.45) is 0.897. The predicted molar refractivity (Wildman–Crippen MR) is 76.4 cm³/mol. The fourth-order valence-electron chi connectivity index (χ4n) is 2.31. The number of pyridine rings is 1. The molecule has 3 aromatic rings. The number of nitrogen functional groups attached to an aromatic ring is 1. The van der Waals surface area contributed by atoms with E-state index < -0.39 is 0 Å². The summed E-state index contributed by atoms with van der Waals surface area (Å²) in [5, 5.41) is 3.43. The van der Waals surface area contributed by atoms with Crippen molar-refractivity contribution in [3.8, 4) is 0 Å². The molecule has 0 unspecified atom stereocenters. The molecule has 18 heavy (non-hydrogen) atoms. The van der Waals surface area contributed by atoms with E-state index in [1.165, 1.54) is 10.8 Å². The number of aryl methyl sites for hydroxylation is 1. The molecule has 3 nitrogen and oxygen atoms in total. The van der Waals surface area contributed by atoms with E-state index >= 15 is 0 Å². The molecular formula is C15H15N3. The van der Waals surface area contributed by atoms with Crippen LogP contribution in [0.3, 0.4) is 0 Å². The first-order valence-corrected chi connectivity index (χ1v) is 6.11. The van der Waals surface area contributed by atoms with Crippen LogP contribution in [0.15, 0.2) is 42.5 Å². The molecule has 1 heterocycles. The second kappa shape index (κ2) is 4.27. The number of anilines is 1. The molecule has 0 saturated carbocycles. The van der Waals surface area contributed by atoms with Crippen LogP contribution in [-0.4, -0.2) is 4.98 Å². The predicted octanol–water partition coefficient (Wildman–Crippen LogP) is 3.24. The summed E-state index contributed by atoms with van der Waals surface area (Å²) in [7, 11) is 0. The van der Waals surface area contributed by atoms with Crippen LogP contribution in [0.2, 0.25) is 0 Å². The lowest BCUT2D eigenvalue weighted by molar-refractivity contribution is 1.06. The molecule has 2 aromatic carbocycles. The highest BCUT2D eigenvalue weighted by atomic mass is 15.2. The van der Waals surface area contributed by atoms with Crippen molar-refractivity contribution < 1.29 is 0 Å². The fraction of sp³-hybridized carbons (Fsp3) is 0.133. The smallest absolute Gasteiger partial charge is 0.0804 e. The van der Waals surface area contributed by atoms with Crippen molar-refractivity contribution in [2.45, 2.75) is 13.3 Å². The number of nitrogens with zero attached hydrogens (tertiary/aromatic N) is 1. The molecule has 0 radical (unpaired) electrons. The summed E-state index contributed by atoms with van der Waals surface area (Å²) in [5.41, 5.74) is 5.76. The first kappa shape index (κ1) is 11.0. The summed E-state index contributed by atoms with van der Waals surface area (Å²) in [5.74, 6) is 5.61. The van der Waals surface area contributed by atoms with Gasteiger partial charge in [-0.2, -0.15) is 0 Å². The quantitative estimate of drug-likeness (QED) is 0.408. The van der Waals surface area contributed by atoms with E-state index in [0.29, 0.717) is 0 Å². The van der Waals surface area contributed by atoms with Gasteiger partial charge in [-0.15, -0.1) is 0 Å². The van der Waals surface area contributed by atoms with Gasteiger partial charge in [-0.1, -0.05) is 43.3 Å². The van der Waals surface area contributed by atoms with Crippen LogP contribution in [0.25, 0.3) is 21.7 Å². The Morgan fingerprint density at radius 2 is 1.94 bits per heavy atom. The van der Waals surface area contributed by atoms with Crippen LogP contribution in [-0.2, 0) is 6.42 Å². The van der Waals surface area contributed by atoms with E-state index in [-0.39, 0.29) is 0 Å². The summed E-state index contributed by atoms with van der Waals surface area (Å²) >= 11 is 0. The number of hydrogen-bond donors (Lipinski definition) is 2. The van der Waals surface area contributed by atoms with Crippen molar-refractivity contribution in [1.29, 1.82) is 0 Å². The fourth-order valence-corrected chi connectivity index (χ4v) is 2.31. The van der Waals surface area contributed by atoms with Crippen molar-refractivity contribution >= 4 is 27.4 Å². The maximum absolute atomic E-state index is 5.61. The number of benzene rings is 2. The monoisotopic (exact) mass is 237 g/mol. The molecule has 3 heteroatoms. The van der Waals surface area contributed by atoms with E-state index in [9.17, 15) is 0 Å². The van der Waals surface area contributed by atoms with Gasteiger partial charge in [0.25, 0.3) is 0 Å². The molecule has 90 valence electrons. The molecular weight excluding hydrogens is 222 g/mol. The van der Waals surface area contributed by atoms with Crippen LogP contribution in [0, 0.1) is 0 Å². The summed E-state index contributed by atoms with van der Waals surface area (Å²) in [6.45, 7) is 2.10. The molecule has 0 saturated heterocycles. The average molecular weight is 237 g/mol. The maximum Gasteiger partial charge on any atom is 0.0804 e. The first-order valence-electron chi connectivity index (χ1n) is 6.11. The van der Waals surface area contributed by atoms with E-state index in [0.717, 1.165) is 28.7 Å². The second-order valence-corrected chi connectivity index (χ2v) is 4.34. The Kier molecular flexibility index (Phi) is 2.61. The molecule has 0 aliphatic carbocycles. The lowest BCUT2D eigenvalue weighted by Crippen LogP contribution is -2.08. The Morgan fingerprint density at radius 3 is 2.72 bits per heavy atom. The molecule has 0 spiro atoms. The van der Waals surface area contributed by atoms with Gasteiger partial charge in [-0.05, 0) is 17.9 Å². The Morgan fingerprint density at radius 1 is 1.11 bits per heavy atom. The van der Waals surface area contributed by atoms with Crippen molar-refractivity contribution in [2.24, 2.45) is 5.84 Å². The molecule has 1 aromatic heterocycles. The second-order valence-electron chi connectivity index (χ2n) is 4.34. The highest BCUT2D eigenvalue weighted by molar-refractivity contribution is 6.09. The molecule has 0 fully saturated rings. The molecule has 0 aliphatic heterocycles. The Bertz CT molecular complexity index is 719. The number of nitrogens with two attached hydrogens (primary N) is 1. The molecule has 0 amide bonds. The normalized spacial score (nSPS) is 11.0. The van der Waals surface area contributed by atoms with Gasteiger partial charge in [-0.3, -0.25) is 10.8 Å². The lowest BCUT2D eigenvalue weighted by Gasteiger charge is -2.10. The van der Waals surface area contributed by atoms with Crippen LogP contribution in [0.5, 0.6) is 0 Å². The average Bonchev–Trinajstić information content (AvgIpc) is 2.45. The van der Waals surface area contributed by atoms with Crippen molar-refractivity contribution in [3.05, 3.63) is 48.2 Å². The van der Waals surface area contributed by atoms with E-state index in [4.69, 9.17) is 10.8 Å². The zero-order valence-electron chi connectivity index (χ0n) is 10.3. The number of hydrogen-bond acceptors (Lipinski definition) is 3. The number of rotatable bonds is 2. The highest BCUT2D eigenvalue weighted by Gasteiger charge is 2.07. The molecule has 0 aliphatic rings. The number of hydrazine groups is 1. The maximum atomic E-state index is 5.61. The van der Waals surface area contributed by atoms with Crippen molar-refractivity contribution in [1.82, 2.24) is 4.98 Å². The third-order valence-electron chi connectivity index (χ3n) is 3.27. The van der Waals surface area contributed by atoms with Gasteiger partial charge in [0.05, 0.1) is 11.2 Å². The third-order valence-corrected chi connectivity index (χ3v) is 3.27. The minimum Gasteiger partial charge on any atom is -0.323 e. The van der Waals surface area contributed by atoms with E-state index in [1.807, 2.05) is 18.2 Å². The Hall–Kier alpha value is -2.13. The van der Waals surface area contributed by atoms with Gasteiger partial charge < -0.3 is 5.43 Å². The molecule has 3 rings (SSSR count). The van der Waals surface area contributed by atoms with Gasteiger partial charge >= 0.3 is 0 Å². The summed E-state index contributed by atoms with van der Waals surface area (Å²) in [6, 6.07) is 14.5. The zero-order valence-corrected chi connectivity index (χ0v) is 10.3. The van der Waals surface area contributed by atoms with E-state index in [1.54, 1.807) is 0 Å². The number of aromatic nitrogens is 1. The Balaban J connectivity index is 2.48. The summed E-state index contributed by atoms with van der Waals surface area (Å²) < 4.78 is 0. The first-order chi connectivity index (χ1) is 8.83. The van der Waals surface area contributed by atoms with E-state index in [2.05, 4.69) is 36.6 Å². The van der Waals surface area contributed by atoms with Gasteiger partial charge in [0.15, 0.2) is 0 Å². The minimum absolute atomic E-state index is 0.897. The zero-order chi connectivity index (χ0) is 12.5. The van der Waals surface area contributed by atoms with Gasteiger partial charge in [0.1, 0.15) is 0 Å². The topological polar surface area (TPSA) is 50.9 Å².